The van der Waals surface area contributed by atoms with Gasteiger partial charge in [0, 0.05) is 13.2 Å². The molecule has 0 aromatic carbocycles. The maximum atomic E-state index is 8.64. The lowest BCUT2D eigenvalue weighted by Crippen LogP contribution is -2.10. The summed E-state index contributed by atoms with van der Waals surface area (Å²) >= 11 is 0. The molecular formula is C12H24N6O. The van der Waals surface area contributed by atoms with Crippen LogP contribution in [0.4, 0.5) is 17.8 Å². The van der Waals surface area contributed by atoms with E-state index in [1.807, 2.05) is 0 Å². The van der Waals surface area contributed by atoms with Crippen LogP contribution in [-0.4, -0.2) is 33.2 Å². The Kier molecular flexibility index (Phi) is 7.57. The Hall–Kier alpha value is -1.63. The van der Waals surface area contributed by atoms with Crippen molar-refractivity contribution in [3.8, 4) is 0 Å². The smallest absolute Gasteiger partial charge is 0.229 e. The SMILES string of the molecule is Nc1nc(N)nc(NCCCCCCCCCO)n1. The van der Waals surface area contributed by atoms with E-state index in [0.717, 1.165) is 25.8 Å². The van der Waals surface area contributed by atoms with Crippen LogP contribution in [0.5, 0.6) is 0 Å². The van der Waals surface area contributed by atoms with Gasteiger partial charge in [-0.05, 0) is 12.8 Å². The van der Waals surface area contributed by atoms with Gasteiger partial charge in [0.2, 0.25) is 17.8 Å². The fourth-order valence-corrected chi connectivity index (χ4v) is 1.81. The summed E-state index contributed by atoms with van der Waals surface area (Å²) in [6.45, 7) is 1.11. The van der Waals surface area contributed by atoms with Crippen molar-refractivity contribution >= 4 is 17.8 Å². The van der Waals surface area contributed by atoms with Crippen LogP contribution in [0.15, 0.2) is 0 Å². The molecule has 19 heavy (non-hydrogen) atoms. The summed E-state index contributed by atoms with van der Waals surface area (Å²) in [6.07, 6.45) is 7.92. The first-order valence-corrected chi connectivity index (χ1v) is 6.84. The van der Waals surface area contributed by atoms with Gasteiger partial charge in [0.25, 0.3) is 0 Å². The first-order chi connectivity index (χ1) is 9.22. The number of nitrogen functional groups attached to an aromatic ring is 2. The molecule has 0 aliphatic rings. The topological polar surface area (TPSA) is 123 Å². The average molecular weight is 268 g/mol. The molecule has 0 aliphatic heterocycles. The predicted molar refractivity (Wildman–Crippen MR) is 76.5 cm³/mol. The van der Waals surface area contributed by atoms with Crippen LogP contribution in [0.2, 0.25) is 0 Å². The Morgan fingerprint density at radius 1 is 0.789 bits per heavy atom. The molecule has 1 aromatic heterocycles. The fraction of sp³-hybridized carbons (Fsp3) is 0.750. The number of hydrogen-bond donors (Lipinski definition) is 4. The second-order valence-electron chi connectivity index (χ2n) is 4.50. The summed E-state index contributed by atoms with van der Waals surface area (Å²) in [5.41, 5.74) is 10.9. The van der Waals surface area contributed by atoms with Crippen LogP contribution in [0.3, 0.4) is 0 Å². The molecule has 0 radical (unpaired) electrons. The first-order valence-electron chi connectivity index (χ1n) is 6.84. The number of nitrogens with zero attached hydrogens (tertiary/aromatic N) is 3. The highest BCUT2D eigenvalue weighted by atomic mass is 16.2. The number of aliphatic hydroxyl groups is 1. The van der Waals surface area contributed by atoms with Gasteiger partial charge in [-0.3, -0.25) is 0 Å². The van der Waals surface area contributed by atoms with Crippen molar-refractivity contribution in [3.05, 3.63) is 0 Å². The second kappa shape index (κ2) is 9.32. The van der Waals surface area contributed by atoms with Gasteiger partial charge in [0.15, 0.2) is 0 Å². The van der Waals surface area contributed by atoms with Gasteiger partial charge in [-0.25, -0.2) is 0 Å². The Morgan fingerprint density at radius 3 is 1.89 bits per heavy atom. The van der Waals surface area contributed by atoms with E-state index < -0.39 is 0 Å². The number of rotatable bonds is 10. The highest BCUT2D eigenvalue weighted by molar-refractivity contribution is 5.36. The van der Waals surface area contributed by atoms with E-state index in [4.69, 9.17) is 16.6 Å². The lowest BCUT2D eigenvalue weighted by molar-refractivity contribution is 0.282. The highest BCUT2D eigenvalue weighted by Crippen LogP contribution is 2.08. The first kappa shape index (κ1) is 15.4. The molecule has 7 nitrogen and oxygen atoms in total. The van der Waals surface area contributed by atoms with Crippen molar-refractivity contribution in [1.82, 2.24) is 15.0 Å². The van der Waals surface area contributed by atoms with Crippen molar-refractivity contribution < 1.29 is 5.11 Å². The molecule has 0 saturated carbocycles. The van der Waals surface area contributed by atoms with Crippen LogP contribution in [-0.2, 0) is 0 Å². The Morgan fingerprint density at radius 2 is 1.32 bits per heavy atom. The minimum atomic E-state index is 0.138. The molecular weight excluding hydrogens is 244 g/mol. The summed E-state index contributed by atoms with van der Waals surface area (Å²) < 4.78 is 0. The molecule has 0 amide bonds. The zero-order valence-electron chi connectivity index (χ0n) is 11.3. The van der Waals surface area contributed by atoms with Crippen molar-refractivity contribution in [2.45, 2.75) is 44.9 Å². The monoisotopic (exact) mass is 268 g/mol. The second-order valence-corrected chi connectivity index (χ2v) is 4.50. The Labute approximate surface area is 113 Å². The lowest BCUT2D eigenvalue weighted by Gasteiger charge is -2.05. The van der Waals surface area contributed by atoms with E-state index in [1.165, 1.54) is 25.7 Å². The van der Waals surface area contributed by atoms with Gasteiger partial charge in [-0.2, -0.15) is 15.0 Å². The minimum absolute atomic E-state index is 0.138. The number of aromatic nitrogens is 3. The van der Waals surface area contributed by atoms with Gasteiger partial charge in [-0.15, -0.1) is 0 Å². The number of aliphatic hydroxyl groups excluding tert-OH is 1. The van der Waals surface area contributed by atoms with Crippen LogP contribution in [0.1, 0.15) is 44.9 Å². The molecule has 0 fully saturated rings. The molecule has 0 saturated heterocycles. The van der Waals surface area contributed by atoms with E-state index >= 15 is 0 Å². The quantitative estimate of drug-likeness (QED) is 0.470. The Balaban J connectivity index is 2.01. The average Bonchev–Trinajstić information content (AvgIpc) is 2.36. The van der Waals surface area contributed by atoms with E-state index in [-0.39, 0.29) is 11.9 Å². The molecule has 0 atom stereocenters. The van der Waals surface area contributed by atoms with E-state index in [0.29, 0.717) is 12.6 Å². The van der Waals surface area contributed by atoms with Gasteiger partial charge in [0.05, 0.1) is 0 Å². The van der Waals surface area contributed by atoms with Gasteiger partial charge in [0.1, 0.15) is 0 Å². The molecule has 1 heterocycles. The number of nitrogens with two attached hydrogens (primary N) is 2. The Bertz CT molecular complexity index is 340. The standard InChI is InChI=1S/C12H24N6O/c13-10-16-11(14)18-12(17-10)15-8-6-4-2-1-3-5-7-9-19/h19H,1-9H2,(H5,13,14,15,16,17,18). The molecule has 0 spiro atoms. The molecule has 0 bridgehead atoms. The number of anilines is 3. The summed E-state index contributed by atoms with van der Waals surface area (Å²) in [6, 6.07) is 0. The fourth-order valence-electron chi connectivity index (χ4n) is 1.81. The molecule has 0 unspecified atom stereocenters. The zero-order valence-corrected chi connectivity index (χ0v) is 11.3. The molecule has 6 N–H and O–H groups in total. The molecule has 108 valence electrons. The number of unbranched alkanes of at least 4 members (excludes halogenated alkanes) is 6. The highest BCUT2D eigenvalue weighted by Gasteiger charge is 2.00. The van der Waals surface area contributed by atoms with E-state index in [9.17, 15) is 0 Å². The molecule has 7 heteroatoms. The third-order valence-corrected chi connectivity index (χ3v) is 2.79. The molecule has 0 aliphatic carbocycles. The van der Waals surface area contributed by atoms with Crippen LogP contribution in [0, 0.1) is 0 Å². The lowest BCUT2D eigenvalue weighted by atomic mass is 10.1. The zero-order chi connectivity index (χ0) is 13.9. The van der Waals surface area contributed by atoms with E-state index in [1.54, 1.807) is 0 Å². The summed E-state index contributed by atoms with van der Waals surface area (Å²) in [5.74, 6) is 0.714. The predicted octanol–water partition coefficient (Wildman–Crippen LogP) is 1.17. The number of hydrogen-bond acceptors (Lipinski definition) is 7. The summed E-state index contributed by atoms with van der Waals surface area (Å²) in [5, 5.41) is 11.7. The summed E-state index contributed by atoms with van der Waals surface area (Å²) in [4.78, 5) is 11.6. The van der Waals surface area contributed by atoms with Gasteiger partial charge < -0.3 is 21.9 Å². The van der Waals surface area contributed by atoms with Crippen molar-refractivity contribution in [3.63, 3.8) is 0 Å². The van der Waals surface area contributed by atoms with Crippen LogP contribution >= 0.6 is 0 Å². The molecule has 1 rings (SSSR count). The minimum Gasteiger partial charge on any atom is -0.396 e. The largest absolute Gasteiger partial charge is 0.396 e. The van der Waals surface area contributed by atoms with Crippen LogP contribution in [0.25, 0.3) is 0 Å². The summed E-state index contributed by atoms with van der Waals surface area (Å²) in [7, 11) is 0. The van der Waals surface area contributed by atoms with Gasteiger partial charge in [-0.1, -0.05) is 32.1 Å². The third-order valence-electron chi connectivity index (χ3n) is 2.79. The van der Waals surface area contributed by atoms with Crippen molar-refractivity contribution in [2.24, 2.45) is 0 Å². The maximum Gasteiger partial charge on any atom is 0.229 e. The van der Waals surface area contributed by atoms with Gasteiger partial charge >= 0.3 is 0 Å². The molecule has 1 aromatic rings. The van der Waals surface area contributed by atoms with Crippen molar-refractivity contribution in [2.75, 3.05) is 29.9 Å². The maximum absolute atomic E-state index is 8.64. The van der Waals surface area contributed by atoms with Crippen LogP contribution < -0.4 is 16.8 Å². The number of nitrogens with one attached hydrogen (secondary N) is 1. The van der Waals surface area contributed by atoms with Crippen molar-refractivity contribution in [1.29, 1.82) is 0 Å². The normalized spacial score (nSPS) is 10.6. The third kappa shape index (κ3) is 7.40. The van der Waals surface area contributed by atoms with E-state index in [2.05, 4.69) is 20.3 Å².